The lowest BCUT2D eigenvalue weighted by atomic mass is 10.0. The van der Waals surface area contributed by atoms with Crippen molar-refractivity contribution in [1.29, 1.82) is 0 Å². The number of halogens is 1. The fraction of sp³-hybridized carbons (Fsp3) is 0.0952. The van der Waals surface area contributed by atoms with Gasteiger partial charge in [0.05, 0.1) is 25.4 Å². The van der Waals surface area contributed by atoms with E-state index in [0.29, 0.717) is 22.2 Å². The Kier molecular flexibility index (Phi) is 5.16. The number of methoxy groups -OCH3 is 2. The lowest BCUT2D eigenvalue weighted by Gasteiger charge is -2.07. The normalized spacial score (nSPS) is 10.8. The van der Waals surface area contributed by atoms with Gasteiger partial charge in [0.25, 0.3) is 0 Å². The molecule has 4 aromatic rings. The van der Waals surface area contributed by atoms with Crippen LogP contribution < -0.4 is 0 Å². The highest BCUT2D eigenvalue weighted by atomic mass is 35.5. The van der Waals surface area contributed by atoms with Crippen molar-refractivity contribution in [2.24, 2.45) is 0 Å². The third-order valence-electron chi connectivity index (χ3n) is 4.51. The Morgan fingerprint density at radius 3 is 2.40 bits per heavy atom. The molecule has 4 rings (SSSR count). The highest BCUT2D eigenvalue weighted by Crippen LogP contribution is 2.32. The summed E-state index contributed by atoms with van der Waals surface area (Å²) in [7, 11) is 2.47. The Morgan fingerprint density at radius 1 is 0.967 bits per heavy atom. The summed E-state index contributed by atoms with van der Waals surface area (Å²) in [6.07, 6.45) is 1.36. The highest BCUT2D eigenvalue weighted by Gasteiger charge is 2.31. The molecule has 0 aliphatic heterocycles. The topological polar surface area (TPSA) is 96.2 Å². The second kappa shape index (κ2) is 7.92. The lowest BCUT2D eigenvalue weighted by molar-refractivity contribution is 0.0549. The molecule has 0 amide bonds. The number of benzene rings is 2. The van der Waals surface area contributed by atoms with E-state index in [2.05, 4.69) is 15.1 Å². The molecule has 0 N–H and O–H groups in total. The van der Waals surface area contributed by atoms with E-state index in [9.17, 15) is 9.59 Å². The van der Waals surface area contributed by atoms with Gasteiger partial charge in [0.15, 0.2) is 5.69 Å². The molecule has 0 radical (unpaired) electrons. The van der Waals surface area contributed by atoms with Gasteiger partial charge in [0.1, 0.15) is 22.7 Å². The maximum Gasteiger partial charge on any atom is 0.357 e. The van der Waals surface area contributed by atoms with Crippen LogP contribution in [0.25, 0.3) is 27.8 Å². The predicted molar refractivity (Wildman–Crippen MR) is 110 cm³/mol. The molecule has 2 heterocycles. The number of rotatable bonds is 4. The third kappa shape index (κ3) is 3.27. The van der Waals surface area contributed by atoms with Gasteiger partial charge in [-0.25, -0.2) is 24.2 Å². The zero-order valence-electron chi connectivity index (χ0n) is 16.0. The Balaban J connectivity index is 2.04. The van der Waals surface area contributed by atoms with Crippen LogP contribution in [0.2, 0.25) is 5.15 Å². The first kappa shape index (κ1) is 19.5. The minimum Gasteiger partial charge on any atom is -0.465 e. The summed E-state index contributed by atoms with van der Waals surface area (Å²) in [4.78, 5) is 33.5. The standard InChI is InChI=1S/C21H15ClN4O4/c1-29-20(27)16-17(12-8-9-15-14(10-12)19(22)24-11-23-15)25-26(18(16)21(28)30-2)13-6-4-3-5-7-13/h3-11H,1-2H3. The average molecular weight is 423 g/mol. The number of hydrogen-bond acceptors (Lipinski definition) is 7. The third-order valence-corrected chi connectivity index (χ3v) is 4.82. The summed E-state index contributed by atoms with van der Waals surface area (Å²) in [6.45, 7) is 0. The maximum atomic E-state index is 12.7. The smallest absolute Gasteiger partial charge is 0.357 e. The second-order valence-electron chi connectivity index (χ2n) is 6.20. The van der Waals surface area contributed by atoms with Crippen LogP contribution in [0.3, 0.4) is 0 Å². The van der Waals surface area contributed by atoms with Crippen LogP contribution in [-0.2, 0) is 9.47 Å². The largest absolute Gasteiger partial charge is 0.465 e. The summed E-state index contributed by atoms with van der Waals surface area (Å²) in [5, 5.41) is 5.40. The van der Waals surface area contributed by atoms with Crippen molar-refractivity contribution in [3.8, 4) is 16.9 Å². The van der Waals surface area contributed by atoms with Gasteiger partial charge in [-0.1, -0.05) is 35.9 Å². The van der Waals surface area contributed by atoms with Gasteiger partial charge in [0.2, 0.25) is 0 Å². The summed E-state index contributed by atoms with van der Waals surface area (Å²) in [5.41, 5.74) is 1.94. The Bertz CT molecular complexity index is 1270. The molecule has 0 saturated heterocycles. The van der Waals surface area contributed by atoms with Crippen LogP contribution in [0.15, 0.2) is 54.9 Å². The van der Waals surface area contributed by atoms with Gasteiger partial charge < -0.3 is 9.47 Å². The maximum absolute atomic E-state index is 12.7. The highest BCUT2D eigenvalue weighted by molar-refractivity contribution is 6.34. The molecular formula is C21H15ClN4O4. The Hall–Kier alpha value is -3.78. The monoisotopic (exact) mass is 422 g/mol. The molecule has 0 fully saturated rings. The van der Waals surface area contributed by atoms with Crippen LogP contribution in [-0.4, -0.2) is 45.9 Å². The fourth-order valence-corrected chi connectivity index (χ4v) is 3.32. The van der Waals surface area contributed by atoms with Gasteiger partial charge in [-0.05, 0) is 24.3 Å². The van der Waals surface area contributed by atoms with E-state index in [0.717, 1.165) is 0 Å². The second-order valence-corrected chi connectivity index (χ2v) is 6.56. The molecule has 2 aromatic heterocycles. The lowest BCUT2D eigenvalue weighted by Crippen LogP contribution is -2.15. The minimum atomic E-state index is -0.722. The summed E-state index contributed by atoms with van der Waals surface area (Å²) < 4.78 is 11.2. The number of carbonyl (C=O) groups excluding carboxylic acids is 2. The zero-order chi connectivity index (χ0) is 21.3. The molecule has 30 heavy (non-hydrogen) atoms. The predicted octanol–water partition coefficient (Wildman–Crippen LogP) is 3.71. The fourth-order valence-electron chi connectivity index (χ4n) is 3.13. The van der Waals surface area contributed by atoms with Crippen molar-refractivity contribution < 1.29 is 19.1 Å². The van der Waals surface area contributed by atoms with Crippen LogP contribution in [0.5, 0.6) is 0 Å². The molecule has 8 nitrogen and oxygen atoms in total. The summed E-state index contributed by atoms with van der Waals surface area (Å²) in [5.74, 6) is -1.44. The molecule has 9 heteroatoms. The van der Waals surface area contributed by atoms with Gasteiger partial charge >= 0.3 is 11.9 Å². The quantitative estimate of drug-likeness (QED) is 0.365. The number of ether oxygens (including phenoxy) is 2. The van der Waals surface area contributed by atoms with E-state index < -0.39 is 11.9 Å². The van der Waals surface area contributed by atoms with Crippen molar-refractivity contribution in [1.82, 2.24) is 19.7 Å². The average Bonchev–Trinajstić information content (AvgIpc) is 3.19. The van der Waals surface area contributed by atoms with Crippen molar-refractivity contribution in [3.05, 3.63) is 71.3 Å². The number of carbonyl (C=O) groups is 2. The van der Waals surface area contributed by atoms with Crippen molar-refractivity contribution >= 4 is 34.4 Å². The number of fused-ring (bicyclic) bond motifs is 1. The molecule has 2 aromatic carbocycles. The van der Waals surface area contributed by atoms with E-state index >= 15 is 0 Å². The zero-order valence-corrected chi connectivity index (χ0v) is 16.8. The summed E-state index contributed by atoms with van der Waals surface area (Å²) >= 11 is 6.21. The minimum absolute atomic E-state index is 0.0134. The van der Waals surface area contributed by atoms with Crippen LogP contribution in [0.4, 0.5) is 0 Å². The molecule has 0 saturated carbocycles. The molecule has 0 aliphatic carbocycles. The van der Waals surface area contributed by atoms with E-state index in [-0.39, 0.29) is 22.1 Å². The van der Waals surface area contributed by atoms with E-state index in [1.165, 1.54) is 25.2 Å². The Morgan fingerprint density at radius 2 is 1.70 bits per heavy atom. The molecular weight excluding hydrogens is 408 g/mol. The first-order chi connectivity index (χ1) is 14.5. The number of hydrogen-bond donors (Lipinski definition) is 0. The van der Waals surface area contributed by atoms with Crippen molar-refractivity contribution in [2.45, 2.75) is 0 Å². The Labute approximate surface area is 176 Å². The molecule has 0 atom stereocenters. The molecule has 150 valence electrons. The summed E-state index contributed by atoms with van der Waals surface area (Å²) in [6, 6.07) is 14.1. The van der Waals surface area contributed by atoms with Crippen LogP contribution >= 0.6 is 11.6 Å². The SMILES string of the molecule is COC(=O)c1c(-c2ccc3ncnc(Cl)c3c2)nn(-c2ccccc2)c1C(=O)OC. The van der Waals surface area contributed by atoms with Crippen molar-refractivity contribution in [2.75, 3.05) is 14.2 Å². The first-order valence-electron chi connectivity index (χ1n) is 8.81. The number of nitrogens with zero attached hydrogens (tertiary/aromatic N) is 4. The van der Waals surface area contributed by atoms with Gasteiger partial charge in [-0.2, -0.15) is 5.10 Å². The molecule has 0 bridgehead atoms. The number of esters is 2. The number of aromatic nitrogens is 4. The van der Waals surface area contributed by atoms with E-state index in [4.69, 9.17) is 21.1 Å². The first-order valence-corrected chi connectivity index (χ1v) is 9.18. The number of para-hydroxylation sites is 1. The van der Waals surface area contributed by atoms with Crippen molar-refractivity contribution in [3.63, 3.8) is 0 Å². The van der Waals surface area contributed by atoms with E-state index in [1.807, 2.05) is 6.07 Å². The van der Waals surface area contributed by atoms with Gasteiger partial charge in [0, 0.05) is 10.9 Å². The van der Waals surface area contributed by atoms with Crippen LogP contribution in [0.1, 0.15) is 20.8 Å². The van der Waals surface area contributed by atoms with E-state index in [1.54, 1.807) is 42.5 Å². The van der Waals surface area contributed by atoms with Crippen LogP contribution in [0, 0.1) is 0 Å². The van der Waals surface area contributed by atoms with Gasteiger partial charge in [-0.3, -0.25) is 0 Å². The molecule has 0 spiro atoms. The van der Waals surface area contributed by atoms with Gasteiger partial charge in [-0.15, -0.1) is 0 Å². The molecule has 0 aliphatic rings. The molecule has 0 unspecified atom stereocenters.